The van der Waals surface area contributed by atoms with Crippen molar-refractivity contribution in [2.75, 3.05) is 11.6 Å². The monoisotopic (exact) mass is 422 g/mol. The summed E-state index contributed by atoms with van der Waals surface area (Å²) in [6, 6.07) is 15.2. The first-order valence-electron chi connectivity index (χ1n) is 9.74. The van der Waals surface area contributed by atoms with Crippen molar-refractivity contribution in [3.8, 4) is 5.69 Å². The first-order valence-corrected chi connectivity index (χ1v) is 11.0. The van der Waals surface area contributed by atoms with Crippen molar-refractivity contribution in [3.63, 3.8) is 0 Å². The molecule has 0 fully saturated rings. The van der Waals surface area contributed by atoms with E-state index in [1.54, 1.807) is 35.8 Å². The van der Waals surface area contributed by atoms with Crippen molar-refractivity contribution in [2.24, 2.45) is 0 Å². The van der Waals surface area contributed by atoms with Crippen LogP contribution < -0.4 is 5.32 Å². The molecule has 1 heterocycles. The molecule has 0 spiro atoms. The molecule has 156 valence electrons. The zero-order valence-corrected chi connectivity index (χ0v) is 18.4. The Hall–Kier alpha value is -3.06. The summed E-state index contributed by atoms with van der Waals surface area (Å²) >= 11 is 1.55. The van der Waals surface area contributed by atoms with Gasteiger partial charge in [-0.25, -0.2) is 4.98 Å². The quantitative estimate of drug-likeness (QED) is 0.565. The van der Waals surface area contributed by atoms with Gasteiger partial charge in [-0.15, -0.1) is 0 Å². The Morgan fingerprint density at radius 1 is 1.17 bits per heavy atom. The van der Waals surface area contributed by atoms with E-state index in [0.29, 0.717) is 17.8 Å². The van der Waals surface area contributed by atoms with Crippen LogP contribution in [0.15, 0.2) is 66.1 Å². The van der Waals surface area contributed by atoms with Crippen molar-refractivity contribution in [2.45, 2.75) is 38.5 Å². The predicted octanol–water partition coefficient (Wildman–Crippen LogP) is 4.60. The zero-order chi connectivity index (χ0) is 21.7. The number of hydrogen-bond donors (Lipinski definition) is 1. The predicted molar refractivity (Wildman–Crippen MR) is 121 cm³/mol. The smallest absolute Gasteiger partial charge is 0.255 e. The maximum Gasteiger partial charge on any atom is 0.255 e. The van der Waals surface area contributed by atoms with Gasteiger partial charge in [0, 0.05) is 48.8 Å². The molecule has 2 aromatic carbocycles. The van der Waals surface area contributed by atoms with E-state index in [-0.39, 0.29) is 17.9 Å². The fourth-order valence-electron chi connectivity index (χ4n) is 3.19. The van der Waals surface area contributed by atoms with E-state index in [0.717, 1.165) is 16.4 Å². The van der Waals surface area contributed by atoms with Crippen molar-refractivity contribution in [3.05, 3.63) is 72.1 Å². The van der Waals surface area contributed by atoms with E-state index in [1.165, 1.54) is 0 Å². The van der Waals surface area contributed by atoms with Crippen LogP contribution in [0.2, 0.25) is 0 Å². The number of thioether (sulfide) groups is 1. The number of aromatic nitrogens is 2. The standard InChI is InChI=1S/C23H26N4O2S/c1-16(2)27(17(3)28)15-18-8-10-20(11-9-18)25-22(29)19-6-5-7-21(14-19)26-13-12-24-23(26)30-4/h5-14,16H,15H2,1-4H3,(H,25,29). The van der Waals surface area contributed by atoms with Gasteiger partial charge in [-0.1, -0.05) is 30.0 Å². The van der Waals surface area contributed by atoms with E-state index >= 15 is 0 Å². The lowest BCUT2D eigenvalue weighted by Crippen LogP contribution is -2.34. The molecular formula is C23H26N4O2S. The Bertz CT molecular complexity index is 1030. The molecule has 0 bridgehead atoms. The van der Waals surface area contributed by atoms with Crippen LogP contribution in [-0.2, 0) is 11.3 Å². The van der Waals surface area contributed by atoms with Crippen LogP contribution in [0, 0.1) is 0 Å². The average Bonchev–Trinajstić information content (AvgIpc) is 3.21. The molecule has 1 N–H and O–H groups in total. The Labute approximate surface area is 181 Å². The molecule has 3 rings (SSSR count). The lowest BCUT2D eigenvalue weighted by Gasteiger charge is -2.25. The Morgan fingerprint density at radius 2 is 1.90 bits per heavy atom. The largest absolute Gasteiger partial charge is 0.336 e. The number of nitrogens with one attached hydrogen (secondary N) is 1. The Kier molecular flexibility index (Phi) is 6.95. The van der Waals surface area contributed by atoms with E-state index in [1.807, 2.05) is 73.3 Å². The summed E-state index contributed by atoms with van der Waals surface area (Å²) in [5.41, 5.74) is 3.18. The molecule has 0 aliphatic carbocycles. The third-order valence-corrected chi connectivity index (χ3v) is 5.44. The molecule has 7 heteroatoms. The number of anilines is 1. The summed E-state index contributed by atoms with van der Waals surface area (Å²) in [7, 11) is 0. The Balaban J connectivity index is 1.71. The minimum Gasteiger partial charge on any atom is -0.336 e. The summed E-state index contributed by atoms with van der Waals surface area (Å²) in [6.45, 7) is 6.12. The summed E-state index contributed by atoms with van der Waals surface area (Å²) < 4.78 is 1.95. The van der Waals surface area contributed by atoms with Gasteiger partial charge in [-0.05, 0) is 56.0 Å². The highest BCUT2D eigenvalue weighted by Gasteiger charge is 2.13. The van der Waals surface area contributed by atoms with Gasteiger partial charge in [0.1, 0.15) is 0 Å². The second kappa shape index (κ2) is 9.63. The zero-order valence-electron chi connectivity index (χ0n) is 17.6. The first kappa shape index (κ1) is 21.6. The van der Waals surface area contributed by atoms with Crippen LogP contribution >= 0.6 is 11.8 Å². The van der Waals surface area contributed by atoms with Gasteiger partial charge >= 0.3 is 0 Å². The van der Waals surface area contributed by atoms with Gasteiger partial charge in [0.05, 0.1) is 0 Å². The molecule has 0 aliphatic rings. The number of amides is 2. The number of benzene rings is 2. The highest BCUT2D eigenvalue weighted by Crippen LogP contribution is 2.20. The molecule has 0 radical (unpaired) electrons. The Morgan fingerprint density at radius 3 is 2.53 bits per heavy atom. The lowest BCUT2D eigenvalue weighted by atomic mass is 10.1. The van der Waals surface area contributed by atoms with Crippen molar-refractivity contribution in [1.29, 1.82) is 0 Å². The second-order valence-corrected chi connectivity index (χ2v) is 8.00. The van der Waals surface area contributed by atoms with E-state index in [9.17, 15) is 9.59 Å². The summed E-state index contributed by atoms with van der Waals surface area (Å²) in [5, 5.41) is 3.80. The third kappa shape index (κ3) is 5.10. The van der Waals surface area contributed by atoms with Gasteiger partial charge in [0.2, 0.25) is 5.91 Å². The molecular weight excluding hydrogens is 396 g/mol. The van der Waals surface area contributed by atoms with Crippen LogP contribution in [0.25, 0.3) is 5.69 Å². The SMILES string of the molecule is CSc1nccn1-c1cccc(C(=O)Nc2ccc(CN(C(C)=O)C(C)C)cc2)c1. The van der Waals surface area contributed by atoms with E-state index < -0.39 is 0 Å². The summed E-state index contributed by atoms with van der Waals surface area (Å²) in [4.78, 5) is 30.6. The van der Waals surface area contributed by atoms with Gasteiger partial charge in [0.25, 0.3) is 5.91 Å². The molecule has 1 aromatic heterocycles. The van der Waals surface area contributed by atoms with Crippen molar-refractivity contribution < 1.29 is 9.59 Å². The molecule has 30 heavy (non-hydrogen) atoms. The molecule has 0 atom stereocenters. The minimum atomic E-state index is -0.178. The van der Waals surface area contributed by atoms with Crippen LogP contribution in [0.5, 0.6) is 0 Å². The maximum absolute atomic E-state index is 12.7. The number of hydrogen-bond acceptors (Lipinski definition) is 4. The molecule has 0 unspecified atom stereocenters. The highest BCUT2D eigenvalue weighted by atomic mass is 32.2. The third-order valence-electron chi connectivity index (χ3n) is 4.77. The van der Waals surface area contributed by atoms with Crippen LogP contribution in [-0.4, -0.2) is 38.6 Å². The van der Waals surface area contributed by atoms with Crippen molar-refractivity contribution >= 4 is 29.3 Å². The number of nitrogens with zero attached hydrogens (tertiary/aromatic N) is 3. The van der Waals surface area contributed by atoms with Gasteiger partial charge in [-0.2, -0.15) is 0 Å². The molecule has 3 aromatic rings. The maximum atomic E-state index is 12.7. The van der Waals surface area contributed by atoms with Gasteiger partial charge in [-0.3, -0.25) is 14.2 Å². The first-order chi connectivity index (χ1) is 14.4. The molecule has 6 nitrogen and oxygen atoms in total. The molecule has 0 aliphatic heterocycles. The van der Waals surface area contributed by atoms with Crippen LogP contribution in [0.1, 0.15) is 36.7 Å². The van der Waals surface area contributed by atoms with Crippen LogP contribution in [0.4, 0.5) is 5.69 Å². The van der Waals surface area contributed by atoms with Crippen LogP contribution in [0.3, 0.4) is 0 Å². The fraction of sp³-hybridized carbons (Fsp3) is 0.261. The number of carbonyl (C=O) groups excluding carboxylic acids is 2. The molecule has 2 amide bonds. The summed E-state index contributed by atoms with van der Waals surface area (Å²) in [6.07, 6.45) is 5.59. The van der Waals surface area contributed by atoms with Gasteiger partial charge < -0.3 is 10.2 Å². The average molecular weight is 423 g/mol. The van der Waals surface area contributed by atoms with Gasteiger partial charge in [0.15, 0.2) is 5.16 Å². The van der Waals surface area contributed by atoms with E-state index in [4.69, 9.17) is 0 Å². The second-order valence-electron chi connectivity index (χ2n) is 7.23. The number of imidazole rings is 1. The fourth-order valence-corrected chi connectivity index (χ4v) is 3.71. The summed E-state index contributed by atoms with van der Waals surface area (Å²) in [5.74, 6) is -0.132. The molecule has 0 saturated carbocycles. The number of carbonyl (C=O) groups is 2. The normalized spacial score (nSPS) is 10.8. The van der Waals surface area contributed by atoms with E-state index in [2.05, 4.69) is 10.3 Å². The van der Waals surface area contributed by atoms with Crippen molar-refractivity contribution in [1.82, 2.24) is 14.5 Å². The molecule has 0 saturated heterocycles. The minimum absolute atomic E-state index is 0.0461. The lowest BCUT2D eigenvalue weighted by molar-refractivity contribution is -0.131. The topological polar surface area (TPSA) is 67.2 Å². The number of rotatable bonds is 7. The highest BCUT2D eigenvalue weighted by molar-refractivity contribution is 7.98.